The lowest BCUT2D eigenvalue weighted by molar-refractivity contribution is -0.395. The van der Waals surface area contributed by atoms with Gasteiger partial charge in [-0.05, 0) is 11.1 Å². The highest BCUT2D eigenvalue weighted by Crippen LogP contribution is 2.42. The highest BCUT2D eigenvalue weighted by Gasteiger charge is 2.64. The molecule has 1 heterocycles. The number of benzene rings is 1. The van der Waals surface area contributed by atoms with Gasteiger partial charge < -0.3 is 29.9 Å². The molecule has 1 saturated heterocycles. The average Bonchev–Trinajstić information content (AvgIpc) is 2.57. The predicted octanol–water partition coefficient (Wildman–Crippen LogP) is -0.316. The molecule has 4 N–H and O–H groups in total. The fourth-order valence-corrected chi connectivity index (χ4v) is 2.74. The summed E-state index contributed by atoms with van der Waals surface area (Å²) in [4.78, 5) is 2.68. The molecule has 1 aromatic rings. The lowest BCUT2D eigenvalue weighted by atomic mass is 9.83. The Hall–Kier alpha value is -1.71. The molecule has 9 heteroatoms. The van der Waals surface area contributed by atoms with Crippen molar-refractivity contribution >= 4 is 0 Å². The Balaban J connectivity index is 2.53. The number of hydrogen-bond acceptors (Lipinski definition) is 7. The Labute approximate surface area is 132 Å². The largest absolute Gasteiger partial charge is 0.394 e. The van der Waals surface area contributed by atoms with Crippen LogP contribution in [0.3, 0.4) is 0 Å². The third-order valence-electron chi connectivity index (χ3n) is 4.00. The molecule has 0 aliphatic carbocycles. The van der Waals surface area contributed by atoms with E-state index in [0.29, 0.717) is 5.56 Å². The number of aliphatic hydroxyl groups excluding tert-OH is 3. The molecular formula is C14H19N3O6. The van der Waals surface area contributed by atoms with Gasteiger partial charge in [-0.2, -0.15) is 0 Å². The van der Waals surface area contributed by atoms with Crippen molar-refractivity contribution in [3.8, 4) is 0 Å². The summed E-state index contributed by atoms with van der Waals surface area (Å²) in [5, 5.41) is 43.8. The van der Waals surface area contributed by atoms with Crippen LogP contribution in [0.1, 0.15) is 5.56 Å². The third-order valence-corrected chi connectivity index (χ3v) is 4.00. The van der Waals surface area contributed by atoms with Crippen LogP contribution in [0.4, 0.5) is 0 Å². The molecule has 5 atom stereocenters. The molecule has 0 amide bonds. The van der Waals surface area contributed by atoms with E-state index in [2.05, 4.69) is 10.0 Å². The number of rotatable bonds is 5. The molecule has 1 aliphatic rings. The van der Waals surface area contributed by atoms with Crippen LogP contribution in [-0.2, 0) is 15.9 Å². The molecule has 0 aromatic heterocycles. The molecule has 0 spiro atoms. The Morgan fingerprint density at radius 1 is 1.35 bits per heavy atom. The van der Waals surface area contributed by atoms with E-state index in [9.17, 15) is 20.4 Å². The zero-order valence-electron chi connectivity index (χ0n) is 12.5. The molecule has 1 aliphatic heterocycles. The zero-order chi connectivity index (χ0) is 17.1. The second-order valence-corrected chi connectivity index (χ2v) is 5.31. The summed E-state index contributed by atoms with van der Waals surface area (Å²) < 4.78 is 10.5. The van der Waals surface area contributed by atoms with E-state index in [4.69, 9.17) is 15.0 Å². The number of methoxy groups -OCH3 is 1. The summed E-state index contributed by atoms with van der Waals surface area (Å²) in [5.41, 5.74) is 7.47. The van der Waals surface area contributed by atoms with Gasteiger partial charge in [-0.15, -0.1) is 0 Å². The normalized spacial score (nSPS) is 37.2. The first-order chi connectivity index (χ1) is 10.9. The summed E-state index contributed by atoms with van der Waals surface area (Å²) in [6.07, 6.45) is -4.87. The molecular weight excluding hydrogens is 306 g/mol. The fraction of sp³-hybridized carbons (Fsp3) is 0.571. The maximum absolute atomic E-state index is 10.7. The Morgan fingerprint density at radius 2 is 2.00 bits per heavy atom. The van der Waals surface area contributed by atoms with Crippen LogP contribution in [0, 0.1) is 0 Å². The molecule has 0 bridgehead atoms. The first-order valence-electron chi connectivity index (χ1n) is 6.96. The highest BCUT2D eigenvalue weighted by atomic mass is 16.7. The summed E-state index contributed by atoms with van der Waals surface area (Å²) in [7, 11) is 1.09. The molecule has 1 fully saturated rings. The quantitative estimate of drug-likeness (QED) is 0.252. The van der Waals surface area contributed by atoms with Gasteiger partial charge in [0.15, 0.2) is 0 Å². The van der Waals surface area contributed by atoms with Gasteiger partial charge in [0.25, 0.3) is 0 Å². The number of azide groups is 1. The third kappa shape index (κ3) is 2.91. The van der Waals surface area contributed by atoms with E-state index in [0.717, 1.165) is 7.11 Å². The molecule has 0 saturated carbocycles. The Morgan fingerprint density at radius 3 is 2.52 bits per heavy atom. The van der Waals surface area contributed by atoms with Crippen molar-refractivity contribution in [3.63, 3.8) is 0 Å². The van der Waals surface area contributed by atoms with E-state index in [1.54, 1.807) is 30.3 Å². The van der Waals surface area contributed by atoms with Crippen LogP contribution in [0.2, 0.25) is 0 Å². The van der Waals surface area contributed by atoms with Crippen molar-refractivity contribution in [3.05, 3.63) is 46.3 Å². The van der Waals surface area contributed by atoms with Crippen LogP contribution < -0.4 is 0 Å². The Bertz CT molecular complexity index is 581. The zero-order valence-corrected chi connectivity index (χ0v) is 12.5. The second-order valence-electron chi connectivity index (χ2n) is 5.31. The van der Waals surface area contributed by atoms with Gasteiger partial charge >= 0.3 is 0 Å². The summed E-state index contributed by atoms with van der Waals surface area (Å²) >= 11 is 0. The predicted molar refractivity (Wildman–Crippen MR) is 78.0 cm³/mol. The van der Waals surface area contributed by atoms with E-state index < -0.39 is 36.4 Å². The van der Waals surface area contributed by atoms with E-state index in [1.165, 1.54) is 0 Å². The van der Waals surface area contributed by atoms with Crippen molar-refractivity contribution in [1.29, 1.82) is 0 Å². The number of nitrogens with zero attached hydrogens (tertiary/aromatic N) is 3. The van der Waals surface area contributed by atoms with Crippen LogP contribution in [0.5, 0.6) is 0 Å². The van der Waals surface area contributed by atoms with Gasteiger partial charge in [-0.3, -0.25) is 0 Å². The lowest BCUT2D eigenvalue weighted by Gasteiger charge is -2.52. The van der Waals surface area contributed by atoms with Crippen molar-refractivity contribution in [2.45, 2.75) is 36.2 Å². The second kappa shape index (κ2) is 6.81. The van der Waals surface area contributed by atoms with Gasteiger partial charge in [-0.25, -0.2) is 0 Å². The maximum atomic E-state index is 10.7. The minimum absolute atomic E-state index is 0.136. The molecule has 9 nitrogen and oxygen atoms in total. The number of aliphatic hydroxyl groups is 4. The van der Waals surface area contributed by atoms with E-state index >= 15 is 0 Å². The monoisotopic (exact) mass is 325 g/mol. The lowest BCUT2D eigenvalue weighted by Crippen LogP contribution is -2.73. The molecule has 2 rings (SSSR count). The van der Waals surface area contributed by atoms with Crippen LogP contribution >= 0.6 is 0 Å². The van der Waals surface area contributed by atoms with Crippen LogP contribution in [0.25, 0.3) is 10.4 Å². The van der Waals surface area contributed by atoms with Gasteiger partial charge in [-0.1, -0.05) is 35.4 Å². The minimum Gasteiger partial charge on any atom is -0.394 e. The Kier molecular flexibility index (Phi) is 5.23. The minimum atomic E-state index is -2.50. The molecule has 0 radical (unpaired) electrons. The first kappa shape index (κ1) is 17.6. The van der Waals surface area contributed by atoms with Gasteiger partial charge in [0, 0.05) is 18.4 Å². The highest BCUT2D eigenvalue weighted by molar-refractivity contribution is 5.20. The molecule has 23 heavy (non-hydrogen) atoms. The topological polar surface area (TPSA) is 148 Å². The standard InChI is InChI=1S/C14H19N3O6/c1-22-14(21)12(20)11(19)10(8-18)23-13(14,16-17-15)7-9-5-3-2-4-6-9/h2-6,10-12,18-21H,7-8H2,1H3/t10-,11-,12+,13-,14+/m1/s1. The summed E-state index contributed by atoms with van der Waals surface area (Å²) in [6, 6.07) is 8.67. The smallest absolute Gasteiger partial charge is 0.230 e. The number of ether oxygens (including phenoxy) is 2. The van der Waals surface area contributed by atoms with Crippen LogP contribution in [0.15, 0.2) is 35.4 Å². The van der Waals surface area contributed by atoms with Crippen LogP contribution in [-0.4, -0.2) is 64.0 Å². The molecule has 0 unspecified atom stereocenters. The fourth-order valence-electron chi connectivity index (χ4n) is 2.74. The number of hydrogen-bond donors (Lipinski definition) is 4. The maximum Gasteiger partial charge on any atom is 0.230 e. The van der Waals surface area contributed by atoms with Gasteiger partial charge in [0.05, 0.1) is 6.61 Å². The first-order valence-corrected chi connectivity index (χ1v) is 6.96. The summed E-state index contributed by atoms with van der Waals surface area (Å²) in [5.74, 6) is -2.50. The van der Waals surface area contributed by atoms with Crippen molar-refractivity contribution in [1.82, 2.24) is 0 Å². The molecule has 126 valence electrons. The SMILES string of the molecule is CO[C@@]1(O)[C@@H](O)[C@H](O)[C@@H](CO)O[C@@]1(Cc1ccccc1)N=[N+]=[N-]. The van der Waals surface area contributed by atoms with Gasteiger partial charge in [0.1, 0.15) is 18.3 Å². The van der Waals surface area contributed by atoms with Gasteiger partial charge in [0.2, 0.25) is 11.5 Å². The van der Waals surface area contributed by atoms with Crippen molar-refractivity contribution in [2.24, 2.45) is 5.11 Å². The van der Waals surface area contributed by atoms with E-state index in [-0.39, 0.29) is 6.42 Å². The average molecular weight is 325 g/mol. The molecule has 1 aromatic carbocycles. The summed E-state index contributed by atoms with van der Waals surface area (Å²) in [6.45, 7) is -0.643. The van der Waals surface area contributed by atoms with Crippen molar-refractivity contribution in [2.75, 3.05) is 13.7 Å². The van der Waals surface area contributed by atoms with E-state index in [1.807, 2.05) is 0 Å². The van der Waals surface area contributed by atoms with Crippen molar-refractivity contribution < 1.29 is 29.9 Å².